The number of carbonyl (C=O) groups is 1. The Hall–Kier alpha value is -2.09. The van der Waals surface area contributed by atoms with E-state index in [-0.39, 0.29) is 11.4 Å². The molecule has 288 valence electrons. The van der Waals surface area contributed by atoms with Gasteiger partial charge < -0.3 is 4.74 Å². The molecule has 28 unspecified atom stereocenters. The van der Waals surface area contributed by atoms with E-state index in [0.29, 0.717) is 24.4 Å². The summed E-state index contributed by atoms with van der Waals surface area (Å²) in [5, 5.41) is 0. The zero-order valence-electron chi connectivity index (χ0n) is 33.5. The summed E-state index contributed by atoms with van der Waals surface area (Å²) >= 11 is 0. The molecule has 2 nitrogen and oxygen atoms in total. The standard InChI is InChI=1S/C54H60O2/c1-20(2)19-56-30(55)9-6-10-53(28-7-4-3-5-8-28)52-29-17-26-15-23-13-24-12-21-11-22-14-25-16-27-18-54(52,53)51-37(27)42-36(25)41-32(22)31(21)39-35(24)40-33(23)34(26)43-38(29)50(51)49-47(42)45(41)44(39)46(40)48(43)49/h3-5,7-8,13,18,20-22,24-26,29,31-38,40-43,45-52H,6,9-12,14-17,19H2,1-2H3. The number of rotatable bonds is 7. The molecule has 1 spiro atoms. The Morgan fingerprint density at radius 1 is 0.679 bits per heavy atom. The van der Waals surface area contributed by atoms with Crippen LogP contribution in [-0.2, 0) is 14.9 Å². The summed E-state index contributed by atoms with van der Waals surface area (Å²) in [6.45, 7) is 4.90. The van der Waals surface area contributed by atoms with E-state index in [0.717, 1.165) is 160 Å². The molecule has 0 bridgehead atoms. The zero-order valence-corrected chi connectivity index (χ0v) is 33.5. The number of allylic oxidation sites excluding steroid dienone is 6. The molecule has 0 amide bonds. The molecule has 18 rings (SSSR count). The quantitative estimate of drug-likeness (QED) is 0.206. The van der Waals surface area contributed by atoms with Gasteiger partial charge in [0.1, 0.15) is 0 Å². The molecule has 1 aromatic rings. The Morgan fingerprint density at radius 3 is 2.30 bits per heavy atom. The van der Waals surface area contributed by atoms with E-state index in [2.05, 4.69) is 73.1 Å². The molecule has 0 N–H and O–H groups in total. The fourth-order valence-corrected chi connectivity index (χ4v) is 26.0. The number of hydrogen-bond acceptors (Lipinski definition) is 2. The van der Waals surface area contributed by atoms with Gasteiger partial charge in [0, 0.05) is 17.3 Å². The summed E-state index contributed by atoms with van der Waals surface area (Å²) in [5.41, 5.74) is 10.9. The highest BCUT2D eigenvalue weighted by Crippen LogP contribution is 2.97. The molecule has 13 saturated carbocycles. The van der Waals surface area contributed by atoms with Crippen molar-refractivity contribution in [2.45, 2.75) is 77.0 Å². The lowest BCUT2D eigenvalue weighted by atomic mass is 9.44. The van der Waals surface area contributed by atoms with Crippen molar-refractivity contribution in [3.63, 3.8) is 0 Å². The topological polar surface area (TPSA) is 26.3 Å². The summed E-state index contributed by atoms with van der Waals surface area (Å²) in [6.07, 6.45) is 18.4. The highest BCUT2D eigenvalue weighted by Gasteiger charge is 2.93. The smallest absolute Gasteiger partial charge is 0.305 e. The molecule has 17 aliphatic carbocycles. The Morgan fingerprint density at radius 2 is 1.41 bits per heavy atom. The van der Waals surface area contributed by atoms with Crippen LogP contribution in [0.15, 0.2) is 64.8 Å². The van der Waals surface area contributed by atoms with Gasteiger partial charge in [0.05, 0.1) is 6.61 Å². The average Bonchev–Trinajstić information content (AvgIpc) is 3.88. The maximum atomic E-state index is 13.3. The third-order valence-corrected chi connectivity index (χ3v) is 24.9. The second kappa shape index (κ2) is 8.85. The zero-order chi connectivity index (χ0) is 35.8. The van der Waals surface area contributed by atoms with Crippen LogP contribution in [0.1, 0.15) is 77.2 Å². The van der Waals surface area contributed by atoms with Crippen molar-refractivity contribution in [1.29, 1.82) is 0 Å². The first-order valence-corrected chi connectivity index (χ1v) is 24.9. The molecule has 2 heteroatoms. The van der Waals surface area contributed by atoms with Crippen LogP contribution >= 0.6 is 0 Å². The minimum atomic E-state index is 0.0560. The predicted octanol–water partition coefficient (Wildman–Crippen LogP) is 10.0. The van der Waals surface area contributed by atoms with Crippen LogP contribution in [0.2, 0.25) is 0 Å². The molecule has 1 aromatic carbocycles. The van der Waals surface area contributed by atoms with E-state index in [1.165, 1.54) is 19.3 Å². The summed E-state index contributed by atoms with van der Waals surface area (Å²) in [6, 6.07) is 12.3. The maximum Gasteiger partial charge on any atom is 0.305 e. The largest absolute Gasteiger partial charge is 0.465 e. The van der Waals surface area contributed by atoms with Crippen molar-refractivity contribution in [2.75, 3.05) is 6.61 Å². The summed E-state index contributed by atoms with van der Waals surface area (Å²) in [4.78, 5) is 13.3. The molecule has 0 saturated heterocycles. The van der Waals surface area contributed by atoms with Crippen LogP contribution in [0.5, 0.6) is 0 Å². The van der Waals surface area contributed by atoms with Gasteiger partial charge in [-0.15, -0.1) is 0 Å². The Balaban J connectivity index is 0.897. The lowest BCUT2D eigenvalue weighted by Gasteiger charge is -2.60. The highest BCUT2D eigenvalue weighted by atomic mass is 16.5. The molecule has 0 aliphatic heterocycles. The molecular formula is C54H60O2. The van der Waals surface area contributed by atoms with E-state index < -0.39 is 0 Å². The van der Waals surface area contributed by atoms with Crippen LogP contribution in [0.25, 0.3) is 0 Å². The third-order valence-electron chi connectivity index (χ3n) is 24.9. The van der Waals surface area contributed by atoms with Gasteiger partial charge in [-0.3, -0.25) is 4.79 Å². The van der Waals surface area contributed by atoms with E-state index in [9.17, 15) is 4.79 Å². The summed E-state index contributed by atoms with van der Waals surface area (Å²) in [7, 11) is 0. The number of benzene rings is 1. The van der Waals surface area contributed by atoms with Crippen LogP contribution in [-0.4, -0.2) is 12.6 Å². The Kier molecular flexibility index (Phi) is 4.74. The van der Waals surface area contributed by atoms with Crippen LogP contribution in [0.3, 0.4) is 0 Å². The normalized spacial score (nSPS) is 65.7. The SMILES string of the molecule is CC(C)COC(=O)CCCC1(c2ccccc2)C2C3CC4CC5=CC6CC7CC8CC9CC%10=CC21C1C%10C2C9C9C%10C%11=C(C6C6C5C4C4C3C1C(C%102)C4C%116)C7C89. The first-order chi connectivity index (χ1) is 27.5. The van der Waals surface area contributed by atoms with Crippen molar-refractivity contribution >= 4 is 5.97 Å². The van der Waals surface area contributed by atoms with Crippen molar-refractivity contribution < 1.29 is 9.53 Å². The van der Waals surface area contributed by atoms with E-state index in [4.69, 9.17) is 4.74 Å². The average molecular weight is 741 g/mol. The van der Waals surface area contributed by atoms with E-state index in [1.54, 1.807) is 31.2 Å². The number of hydrogen-bond donors (Lipinski definition) is 0. The fourth-order valence-electron chi connectivity index (χ4n) is 26.0. The van der Waals surface area contributed by atoms with Crippen LogP contribution in [0, 0.1) is 165 Å². The maximum absolute atomic E-state index is 13.3. The minimum absolute atomic E-state index is 0.0560. The highest BCUT2D eigenvalue weighted by molar-refractivity contribution is 5.69. The second-order valence-corrected chi connectivity index (χ2v) is 25.4. The van der Waals surface area contributed by atoms with Gasteiger partial charge in [-0.05, 0) is 217 Å². The number of carbonyl (C=O) groups excluding carboxylic acids is 1. The van der Waals surface area contributed by atoms with Crippen LogP contribution < -0.4 is 0 Å². The first-order valence-electron chi connectivity index (χ1n) is 24.9. The molecule has 28 atom stereocenters. The first kappa shape index (κ1) is 30.0. The Bertz CT molecular complexity index is 2230. The van der Waals surface area contributed by atoms with Gasteiger partial charge in [-0.1, -0.05) is 78.6 Å². The van der Waals surface area contributed by atoms with Gasteiger partial charge in [-0.2, -0.15) is 0 Å². The van der Waals surface area contributed by atoms with Crippen LogP contribution in [0.4, 0.5) is 0 Å². The third kappa shape index (κ3) is 2.64. The molecule has 0 aromatic heterocycles. The van der Waals surface area contributed by atoms with E-state index >= 15 is 0 Å². The lowest BCUT2D eigenvalue weighted by Crippen LogP contribution is -2.56. The molecule has 0 radical (unpaired) electrons. The van der Waals surface area contributed by atoms with Gasteiger partial charge in [0.15, 0.2) is 0 Å². The van der Waals surface area contributed by atoms with E-state index in [1.807, 2.05) is 5.57 Å². The number of ether oxygens (including phenoxy) is 1. The molecule has 13 fully saturated rings. The fraction of sp³-hybridized carbons (Fsp3) is 0.759. The summed E-state index contributed by atoms with van der Waals surface area (Å²) in [5.74, 6) is 26.3. The Labute approximate surface area is 333 Å². The van der Waals surface area contributed by atoms with Crippen molar-refractivity contribution in [1.82, 2.24) is 0 Å². The number of esters is 1. The van der Waals surface area contributed by atoms with Gasteiger partial charge in [0.2, 0.25) is 0 Å². The molecular weight excluding hydrogens is 681 g/mol. The van der Waals surface area contributed by atoms with Gasteiger partial charge in [0.25, 0.3) is 0 Å². The lowest BCUT2D eigenvalue weighted by molar-refractivity contribution is -0.144. The predicted molar refractivity (Wildman–Crippen MR) is 212 cm³/mol. The monoisotopic (exact) mass is 740 g/mol. The van der Waals surface area contributed by atoms with Gasteiger partial charge >= 0.3 is 5.97 Å². The molecule has 56 heavy (non-hydrogen) atoms. The minimum Gasteiger partial charge on any atom is -0.465 e. The summed E-state index contributed by atoms with van der Waals surface area (Å²) < 4.78 is 5.86. The van der Waals surface area contributed by atoms with Gasteiger partial charge in [-0.25, -0.2) is 0 Å². The number of fused-ring (bicyclic) bond motifs is 1. The molecule has 0 heterocycles. The molecule has 17 aliphatic rings. The van der Waals surface area contributed by atoms with Crippen molar-refractivity contribution in [3.8, 4) is 0 Å². The second-order valence-electron chi connectivity index (χ2n) is 25.4. The van der Waals surface area contributed by atoms with Crippen molar-refractivity contribution in [2.24, 2.45) is 165 Å². The van der Waals surface area contributed by atoms with Crippen molar-refractivity contribution in [3.05, 3.63) is 70.3 Å².